The lowest BCUT2D eigenvalue weighted by Crippen LogP contribution is -2.38. The van der Waals surface area contributed by atoms with Gasteiger partial charge in [-0.3, -0.25) is 5.43 Å². The zero-order chi connectivity index (χ0) is 23.9. The van der Waals surface area contributed by atoms with Crippen molar-refractivity contribution in [3.05, 3.63) is 83.0 Å². The molecule has 34 heavy (non-hydrogen) atoms. The number of aromatic nitrogens is 2. The minimum atomic E-state index is -0.375. The van der Waals surface area contributed by atoms with E-state index in [1.807, 2.05) is 6.20 Å². The van der Waals surface area contributed by atoms with Crippen LogP contribution in [0.2, 0.25) is 0 Å². The number of rotatable bonds is 6. The van der Waals surface area contributed by atoms with E-state index in [4.69, 9.17) is 14.9 Å². The molecule has 1 aromatic heterocycles. The van der Waals surface area contributed by atoms with Crippen molar-refractivity contribution >= 4 is 11.7 Å². The molecule has 0 aliphatic carbocycles. The van der Waals surface area contributed by atoms with Crippen molar-refractivity contribution in [2.45, 2.75) is 77.1 Å². The van der Waals surface area contributed by atoms with Gasteiger partial charge in [0.15, 0.2) is 0 Å². The molecule has 0 spiro atoms. The number of benzene rings is 2. The maximum Gasteiger partial charge on any atom is 0.218 e. The summed E-state index contributed by atoms with van der Waals surface area (Å²) in [6.45, 7) is 11.0. The summed E-state index contributed by atoms with van der Waals surface area (Å²) in [4.78, 5) is 0. The van der Waals surface area contributed by atoms with Crippen molar-refractivity contribution in [3.8, 4) is 0 Å². The Balaban J connectivity index is 1.44. The number of aryl methyl sites for hydroxylation is 1. The molecule has 6 heteroatoms. The Hall–Kier alpha value is -3.28. The fourth-order valence-electron chi connectivity index (χ4n) is 5.44. The third kappa shape index (κ3) is 3.65. The number of hydrogen-bond donors (Lipinski definition) is 2. The quantitative estimate of drug-likeness (QED) is 0.464. The molecule has 2 aromatic carbocycles. The zero-order valence-corrected chi connectivity index (χ0v) is 20.8. The van der Waals surface area contributed by atoms with Gasteiger partial charge in [0.2, 0.25) is 12.1 Å². The van der Waals surface area contributed by atoms with Crippen LogP contribution < -0.4 is 10.7 Å². The van der Waals surface area contributed by atoms with Crippen molar-refractivity contribution in [2.24, 2.45) is 5.10 Å². The molecule has 0 fully saturated rings. The molecule has 2 unspecified atom stereocenters. The third-order valence-corrected chi connectivity index (χ3v) is 7.60. The molecule has 2 aliphatic heterocycles. The molecule has 3 aromatic rings. The van der Waals surface area contributed by atoms with Gasteiger partial charge in [0.25, 0.3) is 0 Å². The van der Waals surface area contributed by atoms with Gasteiger partial charge in [0.1, 0.15) is 5.82 Å². The van der Waals surface area contributed by atoms with Gasteiger partial charge in [0.05, 0.1) is 28.8 Å². The standard InChI is InChI=1S/C28H35N5O/c1-6-28(7-2,21-15-13-19(3)14-16-21)26-32-31-25(34-26)22-18-29-33-24(22)30-23(17-27(33,4)5)20-11-9-8-10-12-20/h8-16,18,23,25,30-31H,6-7,17H2,1-5H3. The van der Waals surface area contributed by atoms with E-state index >= 15 is 0 Å². The SMILES string of the molecule is CCC(CC)(C1=NNC(c2cnn3c2NC(c2ccccc2)CC3(C)C)O1)c1ccc(C)cc1. The highest BCUT2D eigenvalue weighted by Gasteiger charge is 2.43. The Labute approximate surface area is 202 Å². The first-order chi connectivity index (χ1) is 16.4. The highest BCUT2D eigenvalue weighted by Crippen LogP contribution is 2.43. The van der Waals surface area contributed by atoms with Crippen molar-refractivity contribution < 1.29 is 4.74 Å². The number of hydrogen-bond acceptors (Lipinski definition) is 5. The van der Waals surface area contributed by atoms with Crippen LogP contribution in [0.3, 0.4) is 0 Å². The predicted octanol–water partition coefficient (Wildman–Crippen LogP) is 6.17. The lowest BCUT2D eigenvalue weighted by atomic mass is 9.75. The van der Waals surface area contributed by atoms with Crippen LogP contribution in [0.15, 0.2) is 65.9 Å². The van der Waals surface area contributed by atoms with Crippen molar-refractivity contribution in [3.63, 3.8) is 0 Å². The Morgan fingerprint density at radius 2 is 1.76 bits per heavy atom. The fourth-order valence-corrected chi connectivity index (χ4v) is 5.44. The molecule has 0 bridgehead atoms. The topological polar surface area (TPSA) is 63.5 Å². The molecule has 6 nitrogen and oxygen atoms in total. The Bertz CT molecular complexity index is 1180. The summed E-state index contributed by atoms with van der Waals surface area (Å²) in [5.74, 6) is 1.74. The summed E-state index contributed by atoms with van der Waals surface area (Å²) in [7, 11) is 0. The first-order valence-corrected chi connectivity index (χ1v) is 12.4. The first kappa shape index (κ1) is 22.5. The van der Waals surface area contributed by atoms with Gasteiger partial charge in [-0.2, -0.15) is 5.10 Å². The molecule has 0 amide bonds. The molecular formula is C28H35N5O. The number of anilines is 1. The monoisotopic (exact) mass is 457 g/mol. The molecule has 2 atom stereocenters. The van der Waals surface area contributed by atoms with E-state index in [1.54, 1.807) is 0 Å². The second-order valence-corrected chi connectivity index (χ2v) is 10.2. The van der Waals surface area contributed by atoms with Crippen molar-refractivity contribution in [2.75, 3.05) is 5.32 Å². The summed E-state index contributed by atoms with van der Waals surface area (Å²) in [6.07, 6.45) is 4.31. The van der Waals surface area contributed by atoms with Gasteiger partial charge >= 0.3 is 0 Å². The first-order valence-electron chi connectivity index (χ1n) is 12.4. The number of hydrazone groups is 1. The van der Waals surface area contributed by atoms with Gasteiger partial charge < -0.3 is 10.1 Å². The van der Waals surface area contributed by atoms with E-state index < -0.39 is 0 Å². The van der Waals surface area contributed by atoms with E-state index in [0.717, 1.165) is 36.5 Å². The maximum atomic E-state index is 6.56. The molecule has 2 aliphatic rings. The average Bonchev–Trinajstić information content (AvgIpc) is 3.50. The molecule has 3 heterocycles. The van der Waals surface area contributed by atoms with Crippen LogP contribution in [0.1, 0.15) is 81.5 Å². The third-order valence-electron chi connectivity index (χ3n) is 7.60. The number of nitrogens with zero attached hydrogens (tertiary/aromatic N) is 3. The smallest absolute Gasteiger partial charge is 0.218 e. The largest absolute Gasteiger partial charge is 0.449 e. The molecule has 5 rings (SSSR count). The lowest BCUT2D eigenvalue weighted by molar-refractivity contribution is 0.173. The summed E-state index contributed by atoms with van der Waals surface area (Å²) >= 11 is 0. The highest BCUT2D eigenvalue weighted by molar-refractivity contribution is 5.89. The lowest BCUT2D eigenvalue weighted by Gasteiger charge is -2.38. The van der Waals surface area contributed by atoms with E-state index in [9.17, 15) is 0 Å². The van der Waals surface area contributed by atoms with Crippen LogP contribution in [0, 0.1) is 6.92 Å². The number of fused-ring (bicyclic) bond motifs is 1. The molecule has 0 radical (unpaired) electrons. The minimum absolute atomic E-state index is 0.125. The van der Waals surface area contributed by atoms with Crippen LogP contribution in [0.5, 0.6) is 0 Å². The predicted molar refractivity (Wildman–Crippen MR) is 137 cm³/mol. The average molecular weight is 458 g/mol. The normalized spacial score (nSPS) is 21.1. The Kier molecular flexibility index (Phi) is 5.62. The van der Waals surface area contributed by atoms with Crippen LogP contribution >= 0.6 is 0 Å². The number of ether oxygens (including phenoxy) is 1. The molecule has 178 valence electrons. The Morgan fingerprint density at radius 3 is 2.44 bits per heavy atom. The van der Waals surface area contributed by atoms with Crippen LogP contribution in [-0.4, -0.2) is 15.7 Å². The minimum Gasteiger partial charge on any atom is -0.449 e. The van der Waals surface area contributed by atoms with Crippen LogP contribution in [0.4, 0.5) is 5.82 Å². The van der Waals surface area contributed by atoms with E-state index in [-0.39, 0.29) is 23.2 Å². The van der Waals surface area contributed by atoms with Gasteiger partial charge in [-0.05, 0) is 51.2 Å². The van der Waals surface area contributed by atoms with Gasteiger partial charge in [-0.15, -0.1) is 5.10 Å². The molecule has 0 saturated heterocycles. The van der Waals surface area contributed by atoms with Crippen molar-refractivity contribution in [1.29, 1.82) is 0 Å². The summed E-state index contributed by atoms with van der Waals surface area (Å²) < 4.78 is 8.65. The zero-order valence-electron chi connectivity index (χ0n) is 20.8. The highest BCUT2D eigenvalue weighted by atomic mass is 16.5. The molecular weight excluding hydrogens is 422 g/mol. The summed E-state index contributed by atoms with van der Waals surface area (Å²) in [6, 6.07) is 19.6. The molecule has 0 saturated carbocycles. The van der Waals surface area contributed by atoms with Crippen LogP contribution in [-0.2, 0) is 15.7 Å². The van der Waals surface area contributed by atoms with E-state index in [0.29, 0.717) is 0 Å². The second-order valence-electron chi connectivity index (χ2n) is 10.2. The number of nitrogens with one attached hydrogen (secondary N) is 2. The van der Waals surface area contributed by atoms with E-state index in [2.05, 4.69) is 105 Å². The van der Waals surface area contributed by atoms with Gasteiger partial charge in [-0.25, -0.2) is 4.68 Å². The van der Waals surface area contributed by atoms with Gasteiger partial charge in [0, 0.05) is 0 Å². The second kappa shape index (κ2) is 8.49. The van der Waals surface area contributed by atoms with Crippen molar-refractivity contribution in [1.82, 2.24) is 15.2 Å². The maximum absolute atomic E-state index is 6.56. The van der Waals surface area contributed by atoms with Gasteiger partial charge in [-0.1, -0.05) is 74.0 Å². The fraction of sp³-hybridized carbons (Fsp3) is 0.429. The Morgan fingerprint density at radius 1 is 1.06 bits per heavy atom. The molecule has 2 N–H and O–H groups in total. The van der Waals surface area contributed by atoms with E-state index in [1.165, 1.54) is 16.7 Å². The summed E-state index contributed by atoms with van der Waals surface area (Å²) in [5.41, 5.74) is 7.64. The van der Waals surface area contributed by atoms with Crippen LogP contribution in [0.25, 0.3) is 0 Å². The summed E-state index contributed by atoms with van der Waals surface area (Å²) in [5, 5.41) is 13.2.